The van der Waals surface area contributed by atoms with E-state index in [2.05, 4.69) is 74.7 Å². The molecule has 0 bridgehead atoms. The molecule has 1 amide bonds. The van der Waals surface area contributed by atoms with Gasteiger partial charge in [-0.2, -0.15) is 0 Å². The van der Waals surface area contributed by atoms with E-state index >= 15 is 0 Å². The summed E-state index contributed by atoms with van der Waals surface area (Å²) in [5.41, 5.74) is 0. The first kappa shape index (κ1) is 66.7. The summed E-state index contributed by atoms with van der Waals surface area (Å²) in [6.45, 7) is 6.95. The van der Waals surface area contributed by atoms with Crippen LogP contribution in [0.25, 0.3) is 0 Å². The van der Waals surface area contributed by atoms with Crippen LogP contribution in [0.4, 0.5) is 0 Å². The zero-order valence-electron chi connectivity index (χ0n) is 45.8. The van der Waals surface area contributed by atoms with Crippen molar-refractivity contribution in [1.82, 2.24) is 5.32 Å². The van der Waals surface area contributed by atoms with E-state index in [1.165, 1.54) is 122 Å². The van der Waals surface area contributed by atoms with Gasteiger partial charge in [-0.3, -0.25) is 18.6 Å². The highest BCUT2D eigenvalue weighted by Crippen LogP contribution is 2.43. The molecule has 3 atom stereocenters. The quantitative estimate of drug-likeness (QED) is 0.0205. The predicted octanol–water partition coefficient (Wildman–Crippen LogP) is 17.1. The van der Waals surface area contributed by atoms with Crippen molar-refractivity contribution in [2.24, 2.45) is 0 Å². The molecular weight excluding hydrogens is 880 g/mol. The zero-order valence-corrected chi connectivity index (χ0v) is 46.7. The molecule has 2 N–H and O–H groups in total. The second-order valence-corrected chi connectivity index (χ2v) is 21.9. The van der Waals surface area contributed by atoms with Crippen LogP contribution in [0.2, 0.25) is 0 Å². The Kier molecular flexibility index (Phi) is 47.7. The average Bonchev–Trinajstić information content (AvgIpc) is 3.31. The number of hydrogen-bond acceptors (Lipinski definition) is 6. The van der Waals surface area contributed by atoms with E-state index in [1.54, 1.807) is 0 Å². The topological polar surface area (TPSA) is 111 Å². The molecule has 0 aliphatic heterocycles. The number of unbranched alkanes of at least 4 members (excludes halogenated alkanes) is 27. The van der Waals surface area contributed by atoms with Gasteiger partial charge in [0.05, 0.1) is 33.8 Å². The van der Waals surface area contributed by atoms with Crippen molar-refractivity contribution in [3.8, 4) is 0 Å². The number of carbonyl (C=O) groups is 2. The van der Waals surface area contributed by atoms with E-state index in [0.29, 0.717) is 17.4 Å². The molecule has 0 aromatic carbocycles. The highest BCUT2D eigenvalue weighted by molar-refractivity contribution is 7.47. The molecule has 0 radical (unpaired) electrons. The number of phosphoric ester groups is 1. The Morgan fingerprint density at radius 2 is 0.884 bits per heavy atom. The molecule has 0 fully saturated rings. The van der Waals surface area contributed by atoms with Crippen molar-refractivity contribution >= 4 is 19.7 Å². The fraction of sp³-hybridized carbons (Fsp3) is 0.797. The standard InChI is InChI=1S/C59H109N2O7P/c1-7-10-13-16-19-22-25-26-27-28-29-30-31-32-33-34-37-40-43-46-49-52-59(63)68-57(50-47-44-41-38-35-23-20-17-14-11-8-2)56(55-67-69(64,65)66-54-53-61(4,5)6)60-58(62)51-48-45-42-39-36-24-21-18-15-12-9-3/h19,22,26-27,29-30,32-33,47,50,56-57H,7-18,20-21,23-25,28,31,34-46,48-49,51-55H2,1-6H3,(H-,60,62,64,65)/p+1/b22-19-,27-26-,30-29-,33-32-,50-47+. The van der Waals surface area contributed by atoms with Crippen LogP contribution in [-0.4, -0.2) is 74.3 Å². The molecule has 0 heterocycles. The Morgan fingerprint density at radius 1 is 0.507 bits per heavy atom. The molecule has 10 heteroatoms. The molecule has 0 saturated heterocycles. The summed E-state index contributed by atoms with van der Waals surface area (Å²) in [5.74, 6) is -0.525. The third-order valence-corrected chi connectivity index (χ3v) is 13.4. The number of rotatable bonds is 51. The number of esters is 1. The number of carbonyl (C=O) groups excluding carboxylic acids is 2. The van der Waals surface area contributed by atoms with Gasteiger partial charge in [-0.15, -0.1) is 0 Å². The Bertz CT molecular complexity index is 1370. The van der Waals surface area contributed by atoms with Crippen LogP contribution in [0.15, 0.2) is 60.8 Å². The van der Waals surface area contributed by atoms with Crippen LogP contribution in [-0.2, 0) is 27.9 Å². The van der Waals surface area contributed by atoms with Crippen LogP contribution in [0, 0.1) is 0 Å². The van der Waals surface area contributed by atoms with Crippen molar-refractivity contribution in [1.29, 1.82) is 0 Å². The average molecular weight is 991 g/mol. The lowest BCUT2D eigenvalue weighted by atomic mass is 10.0. The van der Waals surface area contributed by atoms with Gasteiger partial charge in [0.1, 0.15) is 19.3 Å². The largest absolute Gasteiger partial charge is 0.472 e. The van der Waals surface area contributed by atoms with E-state index in [4.69, 9.17) is 13.8 Å². The minimum absolute atomic E-state index is 0.0365. The van der Waals surface area contributed by atoms with Gasteiger partial charge in [0, 0.05) is 12.8 Å². The summed E-state index contributed by atoms with van der Waals surface area (Å²) in [4.78, 5) is 37.5. The van der Waals surface area contributed by atoms with Gasteiger partial charge in [-0.05, 0) is 76.7 Å². The van der Waals surface area contributed by atoms with Crippen LogP contribution in [0.5, 0.6) is 0 Å². The predicted molar refractivity (Wildman–Crippen MR) is 295 cm³/mol. The normalized spacial score (nSPS) is 14.2. The number of nitrogens with one attached hydrogen (secondary N) is 1. The second-order valence-electron chi connectivity index (χ2n) is 20.5. The number of nitrogens with zero attached hydrogens (tertiary/aromatic N) is 1. The van der Waals surface area contributed by atoms with Crippen LogP contribution >= 0.6 is 7.82 Å². The first-order valence-electron chi connectivity index (χ1n) is 28.6. The van der Waals surface area contributed by atoms with E-state index in [9.17, 15) is 19.0 Å². The fourth-order valence-corrected chi connectivity index (χ4v) is 8.72. The number of quaternary nitrogens is 1. The molecule has 0 saturated carbocycles. The zero-order chi connectivity index (χ0) is 50.8. The number of phosphoric acid groups is 1. The number of amides is 1. The van der Waals surface area contributed by atoms with Gasteiger partial charge in [0.25, 0.3) is 0 Å². The number of allylic oxidation sites excluding steroid dienone is 9. The molecule has 0 aromatic rings. The lowest BCUT2D eigenvalue weighted by Crippen LogP contribution is -2.47. The molecule has 0 aliphatic carbocycles. The smallest absolute Gasteiger partial charge is 0.456 e. The molecule has 0 aliphatic rings. The van der Waals surface area contributed by atoms with Crippen molar-refractivity contribution in [2.45, 2.75) is 264 Å². The van der Waals surface area contributed by atoms with E-state index in [1.807, 2.05) is 33.3 Å². The van der Waals surface area contributed by atoms with Gasteiger partial charge in [0.15, 0.2) is 0 Å². The molecule has 69 heavy (non-hydrogen) atoms. The van der Waals surface area contributed by atoms with Crippen molar-refractivity contribution in [3.63, 3.8) is 0 Å². The van der Waals surface area contributed by atoms with Gasteiger partial charge < -0.3 is 19.4 Å². The number of ether oxygens (including phenoxy) is 1. The summed E-state index contributed by atoms with van der Waals surface area (Å²) in [5, 5.41) is 3.04. The molecule has 0 aromatic heterocycles. The minimum atomic E-state index is -4.44. The monoisotopic (exact) mass is 990 g/mol. The highest BCUT2D eigenvalue weighted by atomic mass is 31.2. The van der Waals surface area contributed by atoms with Crippen LogP contribution < -0.4 is 5.32 Å². The third kappa shape index (κ3) is 50.4. The van der Waals surface area contributed by atoms with Crippen LogP contribution in [0.3, 0.4) is 0 Å². The summed E-state index contributed by atoms with van der Waals surface area (Å²) >= 11 is 0. The third-order valence-electron chi connectivity index (χ3n) is 12.5. The van der Waals surface area contributed by atoms with Crippen molar-refractivity contribution < 1.29 is 37.3 Å². The number of hydrogen-bond donors (Lipinski definition) is 2. The Hall–Kier alpha value is -2.29. The number of likely N-dealkylation sites (N-methyl/N-ethyl adjacent to an activating group) is 1. The van der Waals surface area contributed by atoms with Gasteiger partial charge in [-0.1, -0.05) is 223 Å². The molecule has 0 spiro atoms. The fourth-order valence-electron chi connectivity index (χ4n) is 7.98. The minimum Gasteiger partial charge on any atom is -0.456 e. The Balaban J connectivity index is 5.28. The summed E-state index contributed by atoms with van der Waals surface area (Å²) < 4.78 is 30.5. The van der Waals surface area contributed by atoms with Gasteiger partial charge >= 0.3 is 13.8 Å². The van der Waals surface area contributed by atoms with E-state index < -0.39 is 20.0 Å². The van der Waals surface area contributed by atoms with Crippen molar-refractivity contribution in [3.05, 3.63) is 60.8 Å². The molecule has 0 rings (SSSR count). The summed E-state index contributed by atoms with van der Waals surface area (Å²) in [6.07, 6.45) is 60.7. The molecule has 402 valence electrons. The van der Waals surface area contributed by atoms with E-state index in [-0.39, 0.29) is 31.5 Å². The second kappa shape index (κ2) is 49.3. The maximum atomic E-state index is 13.4. The Morgan fingerprint density at radius 3 is 1.35 bits per heavy atom. The molecular formula is C59H110N2O7P+. The van der Waals surface area contributed by atoms with Gasteiger partial charge in [0.2, 0.25) is 5.91 Å². The van der Waals surface area contributed by atoms with E-state index in [0.717, 1.165) is 96.3 Å². The summed E-state index contributed by atoms with van der Waals surface area (Å²) in [7, 11) is 1.48. The highest BCUT2D eigenvalue weighted by Gasteiger charge is 2.30. The van der Waals surface area contributed by atoms with Gasteiger partial charge in [-0.25, -0.2) is 4.57 Å². The SMILES string of the molecule is CCCCC/C=C\C/C=C\C/C=C\C/C=C\CCCCCCCC(=O)OC(/C=C/CCCCCCCCCCC)C(COP(=O)(O)OCC[N+](C)(C)C)NC(=O)CCCCCCCCCCCCC. The lowest BCUT2D eigenvalue weighted by Gasteiger charge is -2.27. The maximum absolute atomic E-state index is 13.4. The Labute approximate surface area is 426 Å². The molecule has 3 unspecified atom stereocenters. The summed E-state index contributed by atoms with van der Waals surface area (Å²) in [6, 6.07) is -0.853. The molecule has 9 nitrogen and oxygen atoms in total. The van der Waals surface area contributed by atoms with Crippen molar-refractivity contribution in [2.75, 3.05) is 40.9 Å². The lowest BCUT2D eigenvalue weighted by molar-refractivity contribution is -0.870. The first-order valence-corrected chi connectivity index (χ1v) is 30.1. The first-order chi connectivity index (χ1) is 33.4. The maximum Gasteiger partial charge on any atom is 0.472 e. The van der Waals surface area contributed by atoms with Crippen LogP contribution in [0.1, 0.15) is 252 Å².